The van der Waals surface area contributed by atoms with Gasteiger partial charge >= 0.3 is 0 Å². The molecule has 2 unspecified atom stereocenters. The monoisotopic (exact) mass is 735 g/mol. The number of nitrogens with one attached hydrogen (secondary N) is 3. The molecular weight excluding hydrogens is 695 g/mol. The van der Waals surface area contributed by atoms with Crippen molar-refractivity contribution in [3.05, 3.63) is 97.5 Å². The number of fused-ring (bicyclic) bond motifs is 1. The fourth-order valence-corrected chi connectivity index (χ4v) is 7.07. The molecule has 15 nitrogen and oxygen atoms in total. The Morgan fingerprint density at radius 2 is 1.33 bits per heavy atom. The van der Waals surface area contributed by atoms with E-state index in [1.54, 1.807) is 18.6 Å². The Morgan fingerprint density at radius 3 is 2.07 bits per heavy atom. The second kappa shape index (κ2) is 15.2. The molecule has 0 spiro atoms. The number of ether oxygens (including phenoxy) is 2. The molecular formula is C40H41N13O2. The van der Waals surface area contributed by atoms with E-state index in [1.165, 1.54) is 0 Å². The largest absolute Gasteiger partial charge is 0.381 e. The quantitative estimate of drug-likeness (QED) is 0.132. The van der Waals surface area contributed by atoms with Crippen molar-refractivity contribution < 1.29 is 9.47 Å². The normalized spacial score (nSPS) is 18.8. The summed E-state index contributed by atoms with van der Waals surface area (Å²) in [6.45, 7) is 8.48. The molecule has 2 atom stereocenters. The number of benzene rings is 2. The minimum Gasteiger partial charge on any atom is -0.381 e. The summed E-state index contributed by atoms with van der Waals surface area (Å²) in [6.07, 6.45) is 5.26. The summed E-state index contributed by atoms with van der Waals surface area (Å²) in [5.41, 5.74) is 4.35. The summed E-state index contributed by atoms with van der Waals surface area (Å²) in [5, 5.41) is 10.1. The molecule has 278 valence electrons. The average Bonchev–Trinajstić information content (AvgIpc) is 3.64. The summed E-state index contributed by atoms with van der Waals surface area (Å²) in [5.74, 6) is 4.66. The predicted octanol–water partition coefficient (Wildman–Crippen LogP) is 6.11. The standard InChI is InChI=1S/C40H41N13O2/c1-25(2)43-37-46-35(47-38(50-37)45-29-14-17-42-33(22-29)52-18-20-54-21-19-52)27-8-10-30(11-9-27)53(34-31-23-55-24-32(31)34)40-49-36(26-6-4-3-5-7-26)48-39(51-40)44-28-12-15-41-16-13-28/h3-17,22,25,31-32,34H,18-21,23-24H2,1-2H3,(H,41,44,48,49,51)(H2,42,43,45,46,47,50). The van der Waals surface area contributed by atoms with E-state index in [4.69, 9.17) is 39.4 Å². The third-order valence-electron chi connectivity index (χ3n) is 9.81. The van der Waals surface area contributed by atoms with Crippen molar-refractivity contribution in [2.45, 2.75) is 25.9 Å². The number of nitrogens with zero attached hydrogens (tertiary/aromatic N) is 10. The maximum Gasteiger partial charge on any atom is 0.235 e. The lowest BCUT2D eigenvalue weighted by molar-refractivity contribution is 0.122. The highest BCUT2D eigenvalue weighted by molar-refractivity contribution is 5.70. The fourth-order valence-electron chi connectivity index (χ4n) is 7.07. The number of hydrogen-bond acceptors (Lipinski definition) is 15. The molecule has 0 amide bonds. The van der Waals surface area contributed by atoms with Gasteiger partial charge in [0.2, 0.25) is 23.8 Å². The highest BCUT2D eigenvalue weighted by Gasteiger charge is 2.58. The molecule has 1 aliphatic carbocycles. The molecule has 2 saturated heterocycles. The molecule has 15 heteroatoms. The van der Waals surface area contributed by atoms with E-state index in [2.05, 4.69) is 61.7 Å². The summed E-state index contributed by atoms with van der Waals surface area (Å²) in [7, 11) is 0. The van der Waals surface area contributed by atoms with Gasteiger partial charge in [0.25, 0.3) is 0 Å². The molecule has 9 rings (SSSR count). The van der Waals surface area contributed by atoms with Gasteiger partial charge in [-0.05, 0) is 56.3 Å². The van der Waals surface area contributed by atoms with Crippen molar-refractivity contribution >= 4 is 46.7 Å². The fraction of sp³-hybridized carbons (Fsp3) is 0.300. The van der Waals surface area contributed by atoms with Crippen LogP contribution in [-0.4, -0.2) is 91.5 Å². The Hall–Kier alpha value is -6.32. The zero-order valence-corrected chi connectivity index (χ0v) is 30.6. The van der Waals surface area contributed by atoms with Crippen LogP contribution in [0.25, 0.3) is 22.8 Å². The molecule has 6 heterocycles. The van der Waals surface area contributed by atoms with Gasteiger partial charge < -0.3 is 35.2 Å². The van der Waals surface area contributed by atoms with Gasteiger partial charge in [0, 0.05) is 89.9 Å². The molecule has 3 aliphatic rings. The topological polar surface area (TPSA) is 164 Å². The van der Waals surface area contributed by atoms with Gasteiger partial charge in [0.15, 0.2) is 11.6 Å². The zero-order valence-electron chi connectivity index (χ0n) is 30.6. The van der Waals surface area contributed by atoms with Crippen LogP contribution in [0.3, 0.4) is 0 Å². The molecule has 2 aromatic carbocycles. The first-order valence-corrected chi connectivity index (χ1v) is 18.6. The number of rotatable bonds is 12. The van der Waals surface area contributed by atoms with E-state index < -0.39 is 0 Å². The lowest BCUT2D eigenvalue weighted by atomic mass is 10.1. The SMILES string of the molecule is CC(C)Nc1nc(Nc2ccnc(N3CCOCC3)c2)nc(-c2ccc(N(c3nc(Nc4ccncc4)nc(-c4ccccc4)n3)C3C4COCC43)cc2)n1. The summed E-state index contributed by atoms with van der Waals surface area (Å²) in [6, 6.07) is 26.2. The maximum atomic E-state index is 5.82. The molecule has 3 N–H and O–H groups in total. The Morgan fingerprint density at radius 1 is 0.673 bits per heavy atom. The number of morpholine rings is 1. The van der Waals surface area contributed by atoms with Crippen LogP contribution in [-0.2, 0) is 9.47 Å². The Bertz CT molecular complexity index is 2230. The van der Waals surface area contributed by atoms with Gasteiger partial charge in [-0.1, -0.05) is 30.3 Å². The summed E-state index contributed by atoms with van der Waals surface area (Å²) in [4.78, 5) is 42.5. The first-order valence-electron chi connectivity index (χ1n) is 18.6. The van der Waals surface area contributed by atoms with Gasteiger partial charge in [0.1, 0.15) is 5.82 Å². The van der Waals surface area contributed by atoms with E-state index >= 15 is 0 Å². The minimum absolute atomic E-state index is 0.119. The van der Waals surface area contributed by atoms with Crippen molar-refractivity contribution in [3.8, 4) is 22.8 Å². The summed E-state index contributed by atoms with van der Waals surface area (Å²) >= 11 is 0. The lowest BCUT2D eigenvalue weighted by Gasteiger charge is -2.28. The van der Waals surface area contributed by atoms with Crippen molar-refractivity contribution in [3.63, 3.8) is 0 Å². The first kappa shape index (κ1) is 34.4. The molecule has 3 fully saturated rings. The van der Waals surface area contributed by atoms with E-state index in [-0.39, 0.29) is 12.1 Å². The van der Waals surface area contributed by atoms with E-state index in [0.717, 1.165) is 47.1 Å². The highest BCUT2D eigenvalue weighted by Crippen LogP contribution is 2.51. The highest BCUT2D eigenvalue weighted by atomic mass is 16.5. The maximum absolute atomic E-state index is 5.82. The Kier molecular flexibility index (Phi) is 9.52. The number of aromatic nitrogens is 8. The predicted molar refractivity (Wildman–Crippen MR) is 211 cm³/mol. The van der Waals surface area contributed by atoms with Crippen molar-refractivity contribution in [1.82, 2.24) is 39.9 Å². The minimum atomic E-state index is 0.119. The van der Waals surface area contributed by atoms with E-state index in [1.807, 2.05) is 66.7 Å². The van der Waals surface area contributed by atoms with Crippen molar-refractivity contribution in [2.75, 3.05) is 65.3 Å². The van der Waals surface area contributed by atoms with Crippen molar-refractivity contribution in [1.29, 1.82) is 0 Å². The van der Waals surface area contributed by atoms with Crippen LogP contribution in [0.2, 0.25) is 0 Å². The van der Waals surface area contributed by atoms with Crippen LogP contribution in [0.4, 0.5) is 46.7 Å². The van der Waals surface area contributed by atoms with Gasteiger partial charge in [-0.15, -0.1) is 0 Å². The van der Waals surface area contributed by atoms with Crippen LogP contribution in [0.5, 0.6) is 0 Å². The van der Waals surface area contributed by atoms with E-state index in [9.17, 15) is 0 Å². The van der Waals surface area contributed by atoms with Crippen LogP contribution < -0.4 is 25.8 Å². The lowest BCUT2D eigenvalue weighted by Crippen LogP contribution is -2.36. The van der Waals surface area contributed by atoms with E-state index in [0.29, 0.717) is 73.7 Å². The molecule has 0 bridgehead atoms. The molecule has 4 aromatic heterocycles. The molecule has 6 aromatic rings. The van der Waals surface area contributed by atoms with Crippen LogP contribution >= 0.6 is 0 Å². The number of hydrogen-bond donors (Lipinski definition) is 3. The summed E-state index contributed by atoms with van der Waals surface area (Å²) < 4.78 is 11.3. The Balaban J connectivity index is 1.05. The average molecular weight is 736 g/mol. The van der Waals surface area contributed by atoms with Crippen LogP contribution in [0.15, 0.2) is 97.5 Å². The Labute approximate surface area is 318 Å². The second-order valence-electron chi connectivity index (χ2n) is 14.0. The molecule has 55 heavy (non-hydrogen) atoms. The first-order chi connectivity index (χ1) is 27.0. The molecule has 0 radical (unpaired) electrons. The molecule has 2 aliphatic heterocycles. The van der Waals surface area contributed by atoms with Crippen LogP contribution in [0, 0.1) is 11.8 Å². The molecule has 1 saturated carbocycles. The zero-order chi connectivity index (χ0) is 37.1. The van der Waals surface area contributed by atoms with Gasteiger partial charge in [-0.2, -0.15) is 29.9 Å². The van der Waals surface area contributed by atoms with Gasteiger partial charge in [-0.25, -0.2) is 4.98 Å². The van der Waals surface area contributed by atoms with Gasteiger partial charge in [-0.3, -0.25) is 4.98 Å². The number of anilines is 8. The third-order valence-corrected chi connectivity index (χ3v) is 9.81. The second-order valence-corrected chi connectivity index (χ2v) is 14.0. The number of pyridine rings is 2. The third kappa shape index (κ3) is 7.70. The van der Waals surface area contributed by atoms with Gasteiger partial charge in [0.05, 0.1) is 26.4 Å². The van der Waals surface area contributed by atoms with Crippen molar-refractivity contribution in [2.24, 2.45) is 11.8 Å². The van der Waals surface area contributed by atoms with Crippen LogP contribution in [0.1, 0.15) is 13.8 Å². The smallest absolute Gasteiger partial charge is 0.235 e.